The van der Waals surface area contributed by atoms with Gasteiger partial charge >= 0.3 is 0 Å². The molecule has 1 aromatic rings. The van der Waals surface area contributed by atoms with Crippen LogP contribution in [0.25, 0.3) is 0 Å². The van der Waals surface area contributed by atoms with E-state index in [4.69, 9.17) is 0 Å². The van der Waals surface area contributed by atoms with Crippen molar-refractivity contribution in [3.63, 3.8) is 0 Å². The number of hydrogen-bond acceptors (Lipinski definition) is 2. The Labute approximate surface area is 115 Å². The van der Waals surface area contributed by atoms with Gasteiger partial charge in [-0.05, 0) is 50.3 Å². The van der Waals surface area contributed by atoms with Gasteiger partial charge in [-0.2, -0.15) is 0 Å². The van der Waals surface area contributed by atoms with Crippen LogP contribution in [0.4, 0.5) is 0 Å². The molecule has 3 heteroatoms. The number of aryl methyl sites for hydroxylation is 1. The molecule has 1 heterocycles. The molecule has 19 heavy (non-hydrogen) atoms. The fourth-order valence-corrected chi connectivity index (χ4v) is 2.70. The van der Waals surface area contributed by atoms with Crippen molar-refractivity contribution in [3.8, 4) is 0 Å². The molecule has 1 unspecified atom stereocenters. The van der Waals surface area contributed by atoms with Crippen molar-refractivity contribution in [2.24, 2.45) is 0 Å². The SMILES string of the molecule is CCc1ccccc1CNC(=O)C1(C)CCCCN1. The third kappa shape index (κ3) is 3.35. The van der Waals surface area contributed by atoms with Gasteiger partial charge in [-0.25, -0.2) is 0 Å². The van der Waals surface area contributed by atoms with Gasteiger partial charge < -0.3 is 10.6 Å². The van der Waals surface area contributed by atoms with Crippen molar-refractivity contribution in [1.29, 1.82) is 0 Å². The summed E-state index contributed by atoms with van der Waals surface area (Å²) in [6.07, 6.45) is 4.22. The summed E-state index contributed by atoms with van der Waals surface area (Å²) in [4.78, 5) is 12.3. The highest BCUT2D eigenvalue weighted by atomic mass is 16.2. The van der Waals surface area contributed by atoms with Gasteiger partial charge in [0, 0.05) is 6.54 Å². The van der Waals surface area contributed by atoms with E-state index in [1.807, 2.05) is 19.1 Å². The number of nitrogens with one attached hydrogen (secondary N) is 2. The van der Waals surface area contributed by atoms with Crippen molar-refractivity contribution in [2.75, 3.05) is 6.54 Å². The van der Waals surface area contributed by atoms with Gasteiger partial charge in [0.1, 0.15) is 0 Å². The number of amides is 1. The third-order valence-corrected chi connectivity index (χ3v) is 4.06. The quantitative estimate of drug-likeness (QED) is 0.873. The first kappa shape index (κ1) is 14.1. The molecule has 0 saturated carbocycles. The normalized spacial score (nSPS) is 23.1. The van der Waals surface area contributed by atoms with Gasteiger partial charge in [0.25, 0.3) is 0 Å². The lowest BCUT2D eigenvalue weighted by atomic mass is 9.90. The molecule has 0 radical (unpaired) electrons. The van der Waals surface area contributed by atoms with E-state index in [9.17, 15) is 4.79 Å². The van der Waals surface area contributed by atoms with Crippen LogP contribution in [0.1, 0.15) is 44.2 Å². The van der Waals surface area contributed by atoms with Crippen LogP contribution in [-0.2, 0) is 17.8 Å². The molecule has 1 aliphatic heterocycles. The Hall–Kier alpha value is -1.35. The fraction of sp³-hybridized carbons (Fsp3) is 0.562. The summed E-state index contributed by atoms with van der Waals surface area (Å²) in [5, 5.41) is 6.43. The van der Waals surface area contributed by atoms with Crippen LogP contribution in [0, 0.1) is 0 Å². The lowest BCUT2D eigenvalue weighted by Gasteiger charge is -2.33. The van der Waals surface area contributed by atoms with Crippen LogP contribution in [-0.4, -0.2) is 18.0 Å². The van der Waals surface area contributed by atoms with Crippen LogP contribution < -0.4 is 10.6 Å². The van der Waals surface area contributed by atoms with Crippen LogP contribution in [0.3, 0.4) is 0 Å². The third-order valence-electron chi connectivity index (χ3n) is 4.06. The molecule has 3 nitrogen and oxygen atoms in total. The summed E-state index contributed by atoms with van der Waals surface area (Å²) in [5.41, 5.74) is 2.14. The van der Waals surface area contributed by atoms with Gasteiger partial charge in [0.15, 0.2) is 0 Å². The largest absolute Gasteiger partial charge is 0.350 e. The van der Waals surface area contributed by atoms with Gasteiger partial charge in [0.2, 0.25) is 5.91 Å². The number of benzene rings is 1. The summed E-state index contributed by atoms with van der Waals surface area (Å²) >= 11 is 0. The smallest absolute Gasteiger partial charge is 0.240 e. The standard InChI is InChI=1S/C16H24N2O/c1-3-13-8-4-5-9-14(13)12-17-15(19)16(2)10-6-7-11-18-16/h4-5,8-9,18H,3,6-7,10-12H2,1-2H3,(H,17,19). The van der Waals surface area contributed by atoms with Gasteiger partial charge in [-0.15, -0.1) is 0 Å². The predicted octanol–water partition coefficient (Wildman–Crippen LogP) is 2.40. The van der Waals surface area contributed by atoms with E-state index in [-0.39, 0.29) is 11.4 Å². The molecule has 0 aliphatic carbocycles. The summed E-state index contributed by atoms with van der Waals surface area (Å²) in [5.74, 6) is 0.123. The van der Waals surface area contributed by atoms with Gasteiger partial charge in [-0.1, -0.05) is 31.2 Å². The Morgan fingerprint density at radius 1 is 1.32 bits per heavy atom. The van der Waals surface area contributed by atoms with E-state index in [1.165, 1.54) is 17.5 Å². The van der Waals surface area contributed by atoms with Crippen molar-refractivity contribution < 1.29 is 4.79 Å². The fourth-order valence-electron chi connectivity index (χ4n) is 2.70. The highest BCUT2D eigenvalue weighted by molar-refractivity contribution is 5.85. The Kier molecular flexibility index (Phi) is 4.59. The maximum atomic E-state index is 12.3. The minimum atomic E-state index is -0.389. The van der Waals surface area contributed by atoms with Crippen LogP contribution >= 0.6 is 0 Å². The van der Waals surface area contributed by atoms with E-state index in [2.05, 4.69) is 29.7 Å². The molecule has 1 saturated heterocycles. The lowest BCUT2D eigenvalue weighted by molar-refractivity contribution is -0.128. The molecular formula is C16H24N2O. The summed E-state index contributed by atoms with van der Waals surface area (Å²) in [7, 11) is 0. The van der Waals surface area contributed by atoms with E-state index in [0.717, 1.165) is 25.8 Å². The highest BCUT2D eigenvalue weighted by Gasteiger charge is 2.33. The van der Waals surface area contributed by atoms with Crippen LogP contribution in [0.15, 0.2) is 24.3 Å². The number of carbonyl (C=O) groups excluding carboxylic acids is 1. The highest BCUT2D eigenvalue weighted by Crippen LogP contribution is 2.19. The van der Waals surface area contributed by atoms with Crippen molar-refractivity contribution in [1.82, 2.24) is 10.6 Å². The molecule has 0 spiro atoms. The average molecular weight is 260 g/mol. The van der Waals surface area contributed by atoms with Crippen molar-refractivity contribution >= 4 is 5.91 Å². The van der Waals surface area contributed by atoms with E-state index >= 15 is 0 Å². The monoisotopic (exact) mass is 260 g/mol. The van der Waals surface area contributed by atoms with Crippen molar-refractivity contribution in [3.05, 3.63) is 35.4 Å². The second kappa shape index (κ2) is 6.20. The van der Waals surface area contributed by atoms with Gasteiger partial charge in [0.05, 0.1) is 5.54 Å². The van der Waals surface area contributed by atoms with Crippen molar-refractivity contribution in [2.45, 2.75) is 51.6 Å². The van der Waals surface area contributed by atoms with E-state index in [1.54, 1.807) is 0 Å². The number of carbonyl (C=O) groups is 1. The molecule has 1 amide bonds. The average Bonchev–Trinajstić information content (AvgIpc) is 2.45. The number of piperidine rings is 1. The number of hydrogen-bond donors (Lipinski definition) is 2. The van der Waals surface area contributed by atoms with Crippen LogP contribution in [0.2, 0.25) is 0 Å². The predicted molar refractivity (Wildman–Crippen MR) is 77.9 cm³/mol. The lowest BCUT2D eigenvalue weighted by Crippen LogP contribution is -2.56. The van der Waals surface area contributed by atoms with Gasteiger partial charge in [-0.3, -0.25) is 4.79 Å². The summed E-state index contributed by atoms with van der Waals surface area (Å²) < 4.78 is 0. The number of rotatable bonds is 4. The molecular weight excluding hydrogens is 236 g/mol. The maximum absolute atomic E-state index is 12.3. The molecule has 1 atom stereocenters. The Morgan fingerprint density at radius 3 is 2.68 bits per heavy atom. The zero-order valence-corrected chi connectivity index (χ0v) is 12.0. The zero-order valence-electron chi connectivity index (χ0n) is 12.0. The topological polar surface area (TPSA) is 41.1 Å². The van der Waals surface area contributed by atoms with Crippen LogP contribution in [0.5, 0.6) is 0 Å². The molecule has 1 fully saturated rings. The summed E-state index contributed by atoms with van der Waals surface area (Å²) in [6, 6.07) is 8.30. The maximum Gasteiger partial charge on any atom is 0.240 e. The second-order valence-corrected chi connectivity index (χ2v) is 5.52. The molecule has 1 aliphatic rings. The molecule has 104 valence electrons. The molecule has 0 bridgehead atoms. The van der Waals surface area contributed by atoms with E-state index in [0.29, 0.717) is 6.54 Å². The molecule has 0 aromatic heterocycles. The first-order valence-corrected chi connectivity index (χ1v) is 7.26. The first-order chi connectivity index (χ1) is 9.15. The minimum absolute atomic E-state index is 0.123. The minimum Gasteiger partial charge on any atom is -0.350 e. The second-order valence-electron chi connectivity index (χ2n) is 5.52. The zero-order chi connectivity index (χ0) is 13.7. The Morgan fingerprint density at radius 2 is 2.05 bits per heavy atom. The molecule has 1 aromatic carbocycles. The van der Waals surface area contributed by atoms with E-state index < -0.39 is 0 Å². The molecule has 2 N–H and O–H groups in total. The first-order valence-electron chi connectivity index (χ1n) is 7.26. The Bertz CT molecular complexity index is 436. The Balaban J connectivity index is 1.96. The summed E-state index contributed by atoms with van der Waals surface area (Å²) in [6.45, 7) is 5.72. The molecule has 2 rings (SSSR count).